The van der Waals surface area contributed by atoms with Gasteiger partial charge in [0, 0.05) is 24.3 Å². The van der Waals surface area contributed by atoms with Crippen LogP contribution in [-0.2, 0) is 0 Å². The largest absolute Gasteiger partial charge is 0.437 e. The van der Waals surface area contributed by atoms with Gasteiger partial charge >= 0.3 is 0 Å². The molecule has 3 nitrogen and oxygen atoms in total. The molecule has 15 heavy (non-hydrogen) atoms. The number of aromatic nitrogens is 2. The van der Waals surface area contributed by atoms with Crippen molar-refractivity contribution in [2.24, 2.45) is 0 Å². The van der Waals surface area contributed by atoms with Crippen LogP contribution in [0.15, 0.2) is 30.3 Å². The summed E-state index contributed by atoms with van der Waals surface area (Å²) in [5.41, 5.74) is 0. The Morgan fingerprint density at radius 1 is 1.13 bits per heavy atom. The zero-order chi connectivity index (χ0) is 10.7. The second-order valence-corrected chi connectivity index (χ2v) is 2.71. The Morgan fingerprint density at radius 2 is 1.87 bits per heavy atom. The van der Waals surface area contributed by atoms with Crippen LogP contribution in [0.3, 0.4) is 0 Å². The predicted octanol–water partition coefficient (Wildman–Crippen LogP) is 2.35. The highest BCUT2D eigenvalue weighted by Gasteiger charge is 2.03. The molecule has 2 aromatic rings. The highest BCUT2D eigenvalue weighted by atomic mass is 19.1. The minimum atomic E-state index is -0.708. The van der Waals surface area contributed by atoms with Gasteiger partial charge in [0.05, 0.1) is 0 Å². The van der Waals surface area contributed by atoms with Crippen molar-refractivity contribution in [3.8, 4) is 11.6 Å². The van der Waals surface area contributed by atoms with Crippen LogP contribution < -0.4 is 4.74 Å². The molecule has 0 spiro atoms. The second-order valence-electron chi connectivity index (χ2n) is 2.71. The van der Waals surface area contributed by atoms with Gasteiger partial charge in [-0.1, -0.05) is 0 Å². The van der Waals surface area contributed by atoms with E-state index in [1.165, 1.54) is 12.1 Å². The molecule has 0 aliphatic heterocycles. The van der Waals surface area contributed by atoms with E-state index in [0.29, 0.717) is 0 Å². The summed E-state index contributed by atoms with van der Waals surface area (Å²) in [5, 5.41) is 7.00. The number of hydrogen-bond donors (Lipinski definition) is 0. The summed E-state index contributed by atoms with van der Waals surface area (Å²) >= 11 is 0. The van der Waals surface area contributed by atoms with Crippen molar-refractivity contribution in [3.63, 3.8) is 0 Å². The van der Waals surface area contributed by atoms with Gasteiger partial charge in [-0.15, -0.1) is 10.2 Å². The smallest absolute Gasteiger partial charge is 0.238 e. The van der Waals surface area contributed by atoms with Gasteiger partial charge in [-0.05, 0) is 6.07 Å². The fraction of sp³-hybridized carbons (Fsp3) is 0. The van der Waals surface area contributed by atoms with Gasteiger partial charge in [-0.25, -0.2) is 8.78 Å². The normalized spacial score (nSPS) is 10.0. The molecular formula is C10H5F2N2O. The number of halogens is 2. The summed E-state index contributed by atoms with van der Waals surface area (Å²) in [5.74, 6) is -1.23. The molecule has 0 N–H and O–H groups in total. The minimum absolute atomic E-state index is 0.0352. The van der Waals surface area contributed by atoms with E-state index in [9.17, 15) is 8.78 Å². The first-order valence-electron chi connectivity index (χ1n) is 4.08. The first kappa shape index (κ1) is 9.51. The highest BCUT2D eigenvalue weighted by molar-refractivity contribution is 5.27. The monoisotopic (exact) mass is 207 g/mol. The van der Waals surface area contributed by atoms with Crippen LogP contribution >= 0.6 is 0 Å². The third kappa shape index (κ3) is 2.46. The molecule has 0 saturated carbocycles. The number of ether oxygens (including phenoxy) is 1. The molecule has 1 heterocycles. The van der Waals surface area contributed by atoms with Crippen LogP contribution in [0.1, 0.15) is 0 Å². The quantitative estimate of drug-likeness (QED) is 0.758. The third-order valence-corrected chi connectivity index (χ3v) is 1.57. The Labute approximate surface area is 84.3 Å². The zero-order valence-electron chi connectivity index (χ0n) is 7.45. The van der Waals surface area contributed by atoms with E-state index >= 15 is 0 Å². The van der Waals surface area contributed by atoms with Crippen molar-refractivity contribution in [1.29, 1.82) is 0 Å². The van der Waals surface area contributed by atoms with E-state index in [1.54, 1.807) is 0 Å². The number of nitrogens with zero attached hydrogens (tertiary/aromatic N) is 2. The van der Waals surface area contributed by atoms with Crippen molar-refractivity contribution < 1.29 is 13.5 Å². The average Bonchev–Trinajstić information content (AvgIpc) is 2.17. The maximum atomic E-state index is 12.8. The molecule has 0 amide bonds. The van der Waals surface area contributed by atoms with Crippen LogP contribution in [0.2, 0.25) is 0 Å². The lowest BCUT2D eigenvalue weighted by Crippen LogP contribution is -1.91. The molecule has 1 radical (unpaired) electrons. The number of hydrogen-bond acceptors (Lipinski definition) is 3. The topological polar surface area (TPSA) is 35.0 Å². The maximum Gasteiger partial charge on any atom is 0.238 e. The van der Waals surface area contributed by atoms with E-state index in [1.807, 2.05) is 0 Å². The van der Waals surface area contributed by atoms with Gasteiger partial charge in [0.2, 0.25) is 5.88 Å². The summed E-state index contributed by atoms with van der Waals surface area (Å²) in [6, 6.07) is 5.84. The Balaban J connectivity index is 2.25. The SMILES string of the molecule is Fc1cc(F)cc(Oc2cc[c]nn2)c1. The van der Waals surface area contributed by atoms with E-state index in [4.69, 9.17) is 4.74 Å². The fourth-order valence-corrected chi connectivity index (χ4v) is 1.02. The van der Waals surface area contributed by atoms with E-state index in [0.717, 1.165) is 18.2 Å². The Kier molecular flexibility index (Phi) is 2.53. The molecule has 0 saturated heterocycles. The van der Waals surface area contributed by atoms with Gasteiger partial charge in [0.25, 0.3) is 0 Å². The molecule has 0 fully saturated rings. The standard InChI is InChI=1S/C10H5F2N2O/c11-7-4-8(12)6-9(5-7)15-10-2-1-3-13-14-10/h1-2,4-6H. The minimum Gasteiger partial charge on any atom is -0.437 e. The van der Waals surface area contributed by atoms with Crippen LogP contribution in [-0.4, -0.2) is 10.2 Å². The molecule has 0 aliphatic carbocycles. The summed E-state index contributed by atoms with van der Waals surface area (Å²) < 4.78 is 30.6. The lowest BCUT2D eigenvalue weighted by molar-refractivity contribution is 0.444. The van der Waals surface area contributed by atoms with E-state index in [2.05, 4.69) is 16.4 Å². The van der Waals surface area contributed by atoms with Gasteiger partial charge in [0.1, 0.15) is 23.6 Å². The van der Waals surface area contributed by atoms with Gasteiger partial charge < -0.3 is 4.74 Å². The molecule has 1 aromatic heterocycles. The van der Waals surface area contributed by atoms with E-state index in [-0.39, 0.29) is 11.6 Å². The summed E-state index contributed by atoms with van der Waals surface area (Å²) in [4.78, 5) is 0. The Morgan fingerprint density at radius 3 is 2.47 bits per heavy atom. The molecule has 0 atom stereocenters. The van der Waals surface area contributed by atoms with Crippen molar-refractivity contribution in [2.75, 3.05) is 0 Å². The summed E-state index contributed by atoms with van der Waals surface area (Å²) in [6.07, 6.45) is 2.45. The Bertz CT molecular complexity index is 442. The van der Waals surface area contributed by atoms with Gasteiger partial charge in [-0.3, -0.25) is 0 Å². The zero-order valence-corrected chi connectivity index (χ0v) is 7.45. The first-order valence-corrected chi connectivity index (χ1v) is 4.08. The van der Waals surface area contributed by atoms with Gasteiger partial charge in [0.15, 0.2) is 0 Å². The molecule has 0 unspecified atom stereocenters. The molecule has 0 bridgehead atoms. The van der Waals surface area contributed by atoms with Crippen molar-refractivity contribution in [1.82, 2.24) is 10.2 Å². The van der Waals surface area contributed by atoms with Crippen molar-refractivity contribution in [3.05, 3.63) is 48.2 Å². The summed E-state index contributed by atoms with van der Waals surface area (Å²) in [7, 11) is 0. The number of benzene rings is 1. The van der Waals surface area contributed by atoms with E-state index < -0.39 is 11.6 Å². The van der Waals surface area contributed by atoms with Crippen LogP contribution in [0.4, 0.5) is 8.78 Å². The average molecular weight is 207 g/mol. The van der Waals surface area contributed by atoms with Gasteiger partial charge in [-0.2, -0.15) is 0 Å². The van der Waals surface area contributed by atoms with Crippen LogP contribution in [0.5, 0.6) is 11.6 Å². The van der Waals surface area contributed by atoms with Crippen LogP contribution in [0, 0.1) is 17.8 Å². The number of rotatable bonds is 2. The van der Waals surface area contributed by atoms with Crippen LogP contribution in [0.25, 0.3) is 0 Å². The molecule has 75 valence electrons. The summed E-state index contributed by atoms with van der Waals surface area (Å²) in [6.45, 7) is 0. The molecule has 1 aromatic carbocycles. The fourth-order valence-electron chi connectivity index (χ4n) is 1.02. The third-order valence-electron chi connectivity index (χ3n) is 1.57. The highest BCUT2D eigenvalue weighted by Crippen LogP contribution is 2.20. The molecule has 0 aliphatic rings. The molecule has 5 heteroatoms. The predicted molar refractivity (Wildman–Crippen MR) is 47.3 cm³/mol. The second kappa shape index (κ2) is 4.00. The molecular weight excluding hydrogens is 202 g/mol. The Hall–Kier alpha value is -2.04. The molecule has 2 rings (SSSR count). The van der Waals surface area contributed by atoms with Crippen molar-refractivity contribution in [2.45, 2.75) is 0 Å². The first-order chi connectivity index (χ1) is 7.24. The maximum absolute atomic E-state index is 12.8. The lowest BCUT2D eigenvalue weighted by Gasteiger charge is -2.03. The lowest BCUT2D eigenvalue weighted by atomic mass is 10.3. The van der Waals surface area contributed by atoms with Crippen molar-refractivity contribution >= 4 is 0 Å².